The lowest BCUT2D eigenvalue weighted by Gasteiger charge is -2.33. The van der Waals surface area contributed by atoms with Crippen molar-refractivity contribution in [3.05, 3.63) is 93.9 Å². The highest BCUT2D eigenvalue weighted by Gasteiger charge is 2.33. The van der Waals surface area contributed by atoms with E-state index in [1.54, 1.807) is 66.7 Å². The molecular weight excluding hydrogens is 590 g/mol. The Labute approximate surface area is 238 Å². The van der Waals surface area contributed by atoms with Gasteiger partial charge in [0.1, 0.15) is 12.6 Å². The Morgan fingerprint density at radius 3 is 2.16 bits per heavy atom. The average molecular weight is 621 g/mol. The number of carbonyl (C=O) groups is 2. The van der Waals surface area contributed by atoms with Crippen LogP contribution in [0.2, 0.25) is 5.02 Å². The summed E-state index contributed by atoms with van der Waals surface area (Å²) < 4.78 is 29.3. The number of carbonyl (C=O) groups excluding carboxylic acids is 2. The maximum Gasteiger partial charge on any atom is 0.264 e. The molecule has 0 aliphatic heterocycles. The van der Waals surface area contributed by atoms with E-state index in [9.17, 15) is 18.0 Å². The number of halogens is 2. The highest BCUT2D eigenvalue weighted by atomic mass is 79.9. The highest BCUT2D eigenvalue weighted by Crippen LogP contribution is 2.26. The lowest BCUT2D eigenvalue weighted by Crippen LogP contribution is -2.52. The predicted molar refractivity (Wildman–Crippen MR) is 154 cm³/mol. The SMILES string of the molecule is CCCNC(=O)C(CC)N(Cc1ccc(Cl)cc1)C(=O)CN(c1ccc(Br)cc1)S(=O)(=O)c1ccccc1. The third-order valence-electron chi connectivity index (χ3n) is 5.93. The molecule has 10 heteroatoms. The van der Waals surface area contributed by atoms with E-state index in [0.717, 1.165) is 20.8 Å². The van der Waals surface area contributed by atoms with Gasteiger partial charge in [-0.05, 0) is 66.9 Å². The van der Waals surface area contributed by atoms with Crippen LogP contribution >= 0.6 is 27.5 Å². The molecule has 0 saturated heterocycles. The van der Waals surface area contributed by atoms with Gasteiger partial charge in [-0.1, -0.05) is 71.7 Å². The van der Waals surface area contributed by atoms with Crippen molar-refractivity contribution in [2.45, 2.75) is 44.2 Å². The van der Waals surface area contributed by atoms with Crippen molar-refractivity contribution >= 4 is 55.1 Å². The zero-order chi connectivity index (χ0) is 27.7. The molecule has 3 rings (SSSR count). The van der Waals surface area contributed by atoms with Crippen molar-refractivity contribution in [2.75, 3.05) is 17.4 Å². The van der Waals surface area contributed by atoms with Crippen LogP contribution < -0.4 is 9.62 Å². The molecule has 2 amide bonds. The number of rotatable bonds is 12. The summed E-state index contributed by atoms with van der Waals surface area (Å²) in [6.45, 7) is 3.89. The number of nitrogens with one attached hydrogen (secondary N) is 1. The zero-order valence-corrected chi connectivity index (χ0v) is 24.5. The Morgan fingerprint density at radius 1 is 0.947 bits per heavy atom. The van der Waals surface area contributed by atoms with Crippen LogP contribution in [0.4, 0.5) is 5.69 Å². The molecular formula is C28H31BrClN3O4S. The molecule has 1 N–H and O–H groups in total. The van der Waals surface area contributed by atoms with Gasteiger partial charge in [0.05, 0.1) is 10.6 Å². The van der Waals surface area contributed by atoms with E-state index in [4.69, 9.17) is 11.6 Å². The zero-order valence-electron chi connectivity index (χ0n) is 21.3. The number of amides is 2. The largest absolute Gasteiger partial charge is 0.354 e. The molecule has 0 heterocycles. The van der Waals surface area contributed by atoms with E-state index in [0.29, 0.717) is 23.7 Å². The maximum absolute atomic E-state index is 13.9. The maximum atomic E-state index is 13.9. The van der Waals surface area contributed by atoms with Crippen molar-refractivity contribution in [1.29, 1.82) is 0 Å². The quantitative estimate of drug-likeness (QED) is 0.284. The normalized spacial score (nSPS) is 12.0. The van der Waals surface area contributed by atoms with Gasteiger partial charge in [-0.25, -0.2) is 8.42 Å². The minimum Gasteiger partial charge on any atom is -0.354 e. The van der Waals surface area contributed by atoms with E-state index < -0.39 is 28.5 Å². The van der Waals surface area contributed by atoms with Crippen molar-refractivity contribution in [2.24, 2.45) is 0 Å². The van der Waals surface area contributed by atoms with Crippen molar-refractivity contribution in [3.63, 3.8) is 0 Å². The minimum absolute atomic E-state index is 0.0627. The molecule has 3 aromatic rings. The summed E-state index contributed by atoms with van der Waals surface area (Å²) in [5.41, 5.74) is 1.10. The van der Waals surface area contributed by atoms with E-state index in [-0.39, 0.29) is 17.3 Å². The Morgan fingerprint density at radius 2 is 1.58 bits per heavy atom. The third kappa shape index (κ3) is 7.58. The monoisotopic (exact) mass is 619 g/mol. The Bertz CT molecular complexity index is 1320. The summed E-state index contributed by atoms with van der Waals surface area (Å²) in [6, 6.07) is 20.9. The highest BCUT2D eigenvalue weighted by molar-refractivity contribution is 9.10. The molecule has 0 spiro atoms. The number of nitrogens with zero attached hydrogens (tertiary/aromatic N) is 2. The van der Waals surface area contributed by atoms with Crippen molar-refractivity contribution < 1.29 is 18.0 Å². The van der Waals surface area contributed by atoms with E-state index in [1.165, 1.54) is 17.0 Å². The lowest BCUT2D eigenvalue weighted by molar-refractivity contribution is -0.140. The lowest BCUT2D eigenvalue weighted by atomic mass is 10.1. The first kappa shape index (κ1) is 29.7. The number of hydrogen-bond acceptors (Lipinski definition) is 4. The summed E-state index contributed by atoms with van der Waals surface area (Å²) in [5, 5.41) is 3.42. The van der Waals surface area contributed by atoms with Gasteiger partial charge in [-0.3, -0.25) is 13.9 Å². The van der Waals surface area contributed by atoms with Gasteiger partial charge in [0.25, 0.3) is 10.0 Å². The third-order valence-corrected chi connectivity index (χ3v) is 8.49. The molecule has 0 bridgehead atoms. The molecule has 7 nitrogen and oxygen atoms in total. The first-order chi connectivity index (χ1) is 18.2. The average Bonchev–Trinajstić information content (AvgIpc) is 2.92. The van der Waals surface area contributed by atoms with E-state index in [1.807, 2.05) is 13.8 Å². The molecule has 0 saturated carbocycles. The molecule has 0 radical (unpaired) electrons. The van der Waals surface area contributed by atoms with E-state index >= 15 is 0 Å². The minimum atomic E-state index is -4.09. The number of hydrogen-bond donors (Lipinski definition) is 1. The molecule has 1 unspecified atom stereocenters. The molecule has 0 aromatic heterocycles. The number of benzene rings is 3. The number of anilines is 1. The Kier molecular flexibility index (Phi) is 10.8. The van der Waals surface area contributed by atoms with Gasteiger partial charge in [-0.2, -0.15) is 0 Å². The molecule has 1 atom stereocenters. The van der Waals surface area contributed by atoms with Gasteiger partial charge in [0.15, 0.2) is 0 Å². The second-order valence-electron chi connectivity index (χ2n) is 8.66. The Hall–Kier alpha value is -2.88. The smallest absolute Gasteiger partial charge is 0.264 e. The summed E-state index contributed by atoms with van der Waals surface area (Å²) in [7, 11) is -4.09. The molecule has 38 heavy (non-hydrogen) atoms. The molecule has 0 aliphatic rings. The van der Waals surface area contributed by atoms with Crippen LogP contribution in [-0.2, 0) is 26.2 Å². The Balaban J connectivity index is 2.02. The second kappa shape index (κ2) is 13.8. The van der Waals surface area contributed by atoms with Crippen LogP contribution in [0.3, 0.4) is 0 Å². The van der Waals surface area contributed by atoms with Crippen LogP contribution in [0.25, 0.3) is 0 Å². The van der Waals surface area contributed by atoms with Gasteiger partial charge in [0.2, 0.25) is 11.8 Å². The summed E-state index contributed by atoms with van der Waals surface area (Å²) in [6.07, 6.45) is 1.11. The fraction of sp³-hybridized carbons (Fsp3) is 0.286. The molecule has 202 valence electrons. The van der Waals surface area contributed by atoms with Crippen LogP contribution in [0.15, 0.2) is 88.2 Å². The molecule has 0 fully saturated rings. The topological polar surface area (TPSA) is 86.8 Å². The van der Waals surface area contributed by atoms with Gasteiger partial charge in [0, 0.05) is 22.6 Å². The second-order valence-corrected chi connectivity index (χ2v) is 11.9. The molecule has 3 aromatic carbocycles. The van der Waals surface area contributed by atoms with E-state index in [2.05, 4.69) is 21.2 Å². The summed E-state index contributed by atoms with van der Waals surface area (Å²) in [4.78, 5) is 28.5. The predicted octanol–water partition coefficient (Wildman–Crippen LogP) is 5.63. The fourth-order valence-corrected chi connectivity index (χ4v) is 5.75. The van der Waals surface area contributed by atoms with Crippen LogP contribution in [-0.4, -0.2) is 44.3 Å². The van der Waals surface area contributed by atoms with Crippen molar-refractivity contribution in [1.82, 2.24) is 10.2 Å². The number of sulfonamides is 1. The summed E-state index contributed by atoms with van der Waals surface area (Å²) >= 11 is 9.42. The van der Waals surface area contributed by atoms with Crippen molar-refractivity contribution in [3.8, 4) is 0 Å². The first-order valence-electron chi connectivity index (χ1n) is 12.3. The van der Waals surface area contributed by atoms with Gasteiger partial charge >= 0.3 is 0 Å². The van der Waals surface area contributed by atoms with Crippen LogP contribution in [0.5, 0.6) is 0 Å². The summed E-state index contributed by atoms with van der Waals surface area (Å²) in [5.74, 6) is -0.779. The van der Waals surface area contributed by atoms with Crippen LogP contribution in [0.1, 0.15) is 32.3 Å². The van der Waals surface area contributed by atoms with Gasteiger partial charge < -0.3 is 10.2 Å². The van der Waals surface area contributed by atoms with Crippen LogP contribution in [0, 0.1) is 0 Å². The molecule has 0 aliphatic carbocycles. The first-order valence-corrected chi connectivity index (χ1v) is 14.9. The standard InChI is InChI=1S/C28H31BrClN3O4S/c1-3-18-31-28(35)26(4-2)32(19-21-10-14-23(30)15-11-21)27(34)20-33(24-16-12-22(29)13-17-24)38(36,37)25-8-6-5-7-9-25/h5-17,26H,3-4,18-20H2,1-2H3,(H,31,35). The van der Waals surface area contributed by atoms with Gasteiger partial charge in [-0.15, -0.1) is 0 Å². The fourth-order valence-electron chi connectivity index (χ4n) is 3.93.